The maximum absolute atomic E-state index is 5.94. The summed E-state index contributed by atoms with van der Waals surface area (Å²) < 4.78 is 18.4. The predicted molar refractivity (Wildman–Crippen MR) is 137 cm³/mol. The van der Waals surface area contributed by atoms with Gasteiger partial charge >= 0.3 is 0 Å². The van der Waals surface area contributed by atoms with Gasteiger partial charge in [-0.15, -0.1) is 34.2 Å². The normalized spacial score (nSPS) is 11.2. The van der Waals surface area contributed by atoms with Crippen LogP contribution in [-0.2, 0) is 29.6 Å². The molecule has 1 aromatic carbocycles. The molecule has 180 valence electrons. The van der Waals surface area contributed by atoms with E-state index < -0.39 is 0 Å². The molecular formula is C22H37IN6O3. The van der Waals surface area contributed by atoms with Gasteiger partial charge in [-0.25, -0.2) is 4.99 Å². The zero-order valence-electron chi connectivity index (χ0n) is 19.8. The van der Waals surface area contributed by atoms with Gasteiger partial charge in [0, 0.05) is 39.5 Å². The van der Waals surface area contributed by atoms with Crippen LogP contribution >= 0.6 is 24.0 Å². The lowest BCUT2D eigenvalue weighted by atomic mass is 10.1. The van der Waals surface area contributed by atoms with E-state index in [9.17, 15) is 0 Å². The van der Waals surface area contributed by atoms with Gasteiger partial charge in [0.2, 0.25) is 0 Å². The number of rotatable bonds is 13. The maximum atomic E-state index is 5.94. The first-order valence-electron chi connectivity index (χ1n) is 10.7. The highest BCUT2D eigenvalue weighted by molar-refractivity contribution is 14.0. The van der Waals surface area contributed by atoms with Crippen LogP contribution in [0.1, 0.15) is 36.1 Å². The van der Waals surface area contributed by atoms with E-state index in [2.05, 4.69) is 39.9 Å². The number of hydrogen-bond donors (Lipinski definition) is 2. The quantitative estimate of drug-likeness (QED) is 0.168. The van der Waals surface area contributed by atoms with Crippen molar-refractivity contribution in [2.75, 3.05) is 40.1 Å². The SMILES string of the molecule is CCOCCOc1cc(C)ccc1CN=C(NCCCOC)NCc1nnc(C)n1C.I. The Kier molecular flexibility index (Phi) is 13.9. The van der Waals surface area contributed by atoms with Crippen molar-refractivity contribution < 1.29 is 14.2 Å². The lowest BCUT2D eigenvalue weighted by Gasteiger charge is -2.14. The van der Waals surface area contributed by atoms with Crippen molar-refractivity contribution in [1.82, 2.24) is 25.4 Å². The summed E-state index contributed by atoms with van der Waals surface area (Å²) >= 11 is 0. The summed E-state index contributed by atoms with van der Waals surface area (Å²) in [6.45, 7) is 10.2. The van der Waals surface area contributed by atoms with Gasteiger partial charge in [0.1, 0.15) is 18.2 Å². The van der Waals surface area contributed by atoms with E-state index >= 15 is 0 Å². The van der Waals surface area contributed by atoms with E-state index in [0.29, 0.717) is 45.5 Å². The molecule has 0 spiro atoms. The van der Waals surface area contributed by atoms with Crippen LogP contribution in [0.5, 0.6) is 5.75 Å². The summed E-state index contributed by atoms with van der Waals surface area (Å²) in [6.07, 6.45) is 0.886. The van der Waals surface area contributed by atoms with Gasteiger partial charge in [-0.2, -0.15) is 0 Å². The summed E-state index contributed by atoms with van der Waals surface area (Å²) in [4.78, 5) is 4.76. The summed E-state index contributed by atoms with van der Waals surface area (Å²) in [5, 5.41) is 15.0. The largest absolute Gasteiger partial charge is 0.491 e. The molecule has 1 aromatic heterocycles. The maximum Gasteiger partial charge on any atom is 0.191 e. The molecule has 0 radical (unpaired) electrons. The van der Waals surface area contributed by atoms with Crippen molar-refractivity contribution >= 4 is 29.9 Å². The molecule has 0 bridgehead atoms. The Balaban J connectivity index is 0.00000512. The van der Waals surface area contributed by atoms with E-state index in [4.69, 9.17) is 19.2 Å². The number of aryl methyl sites for hydroxylation is 2. The standard InChI is InChI=1S/C22H36N6O3.HI/c1-6-30-12-13-31-20-14-17(2)8-9-19(20)15-24-22(23-10-7-11-29-5)25-16-21-27-26-18(3)28(21)4;/h8-9,14H,6-7,10-13,15-16H2,1-5H3,(H2,23,24,25);1H. The minimum absolute atomic E-state index is 0. The van der Waals surface area contributed by atoms with Gasteiger partial charge in [-0.3, -0.25) is 0 Å². The van der Waals surface area contributed by atoms with Crippen molar-refractivity contribution in [1.29, 1.82) is 0 Å². The number of guanidine groups is 1. The average molecular weight is 560 g/mol. The fraction of sp³-hybridized carbons (Fsp3) is 0.591. The highest BCUT2D eigenvalue weighted by Gasteiger charge is 2.08. The fourth-order valence-electron chi connectivity index (χ4n) is 2.81. The van der Waals surface area contributed by atoms with Crippen LogP contribution in [0.15, 0.2) is 23.2 Å². The number of nitrogens with zero attached hydrogens (tertiary/aromatic N) is 4. The molecule has 0 amide bonds. The Hall–Kier alpha value is -1.92. The smallest absolute Gasteiger partial charge is 0.191 e. The van der Waals surface area contributed by atoms with Crippen LogP contribution in [0.3, 0.4) is 0 Å². The number of hydrogen-bond acceptors (Lipinski definition) is 6. The molecule has 0 aliphatic heterocycles. The van der Waals surface area contributed by atoms with Crippen molar-refractivity contribution in [3.63, 3.8) is 0 Å². The minimum Gasteiger partial charge on any atom is -0.491 e. The molecule has 32 heavy (non-hydrogen) atoms. The molecule has 1 heterocycles. The van der Waals surface area contributed by atoms with Gasteiger partial charge in [-0.1, -0.05) is 12.1 Å². The second-order valence-electron chi connectivity index (χ2n) is 7.17. The minimum atomic E-state index is 0. The Bertz CT molecular complexity index is 828. The number of aliphatic imine (C=N–C) groups is 1. The Morgan fingerprint density at radius 3 is 2.62 bits per heavy atom. The summed E-state index contributed by atoms with van der Waals surface area (Å²) in [7, 11) is 3.65. The predicted octanol–water partition coefficient (Wildman–Crippen LogP) is 2.74. The van der Waals surface area contributed by atoms with Gasteiger partial charge in [-0.05, 0) is 38.8 Å². The van der Waals surface area contributed by atoms with Crippen molar-refractivity contribution in [3.05, 3.63) is 41.0 Å². The monoisotopic (exact) mass is 560 g/mol. The third-order valence-electron chi connectivity index (χ3n) is 4.73. The van der Waals surface area contributed by atoms with Crippen LogP contribution in [0.4, 0.5) is 0 Å². The number of halogens is 1. The highest BCUT2D eigenvalue weighted by Crippen LogP contribution is 2.21. The molecule has 2 aromatic rings. The van der Waals surface area contributed by atoms with E-state index in [-0.39, 0.29) is 24.0 Å². The molecule has 0 atom stereocenters. The van der Waals surface area contributed by atoms with E-state index in [1.807, 2.05) is 31.5 Å². The van der Waals surface area contributed by atoms with Crippen LogP contribution < -0.4 is 15.4 Å². The van der Waals surface area contributed by atoms with Crippen LogP contribution in [0.2, 0.25) is 0 Å². The van der Waals surface area contributed by atoms with E-state index in [1.54, 1.807) is 7.11 Å². The Morgan fingerprint density at radius 1 is 1.12 bits per heavy atom. The molecule has 9 nitrogen and oxygen atoms in total. The molecule has 0 fully saturated rings. The third-order valence-corrected chi connectivity index (χ3v) is 4.73. The summed E-state index contributed by atoms with van der Waals surface area (Å²) in [6, 6.07) is 6.17. The van der Waals surface area contributed by atoms with Crippen LogP contribution in [0.25, 0.3) is 0 Å². The zero-order valence-corrected chi connectivity index (χ0v) is 22.1. The zero-order chi connectivity index (χ0) is 22.5. The van der Waals surface area contributed by atoms with Crippen molar-refractivity contribution in [2.24, 2.45) is 12.0 Å². The average Bonchev–Trinajstić information content (AvgIpc) is 3.08. The molecule has 10 heteroatoms. The first-order chi connectivity index (χ1) is 15.0. The molecule has 0 saturated carbocycles. The molecule has 2 N–H and O–H groups in total. The lowest BCUT2D eigenvalue weighted by molar-refractivity contribution is 0.110. The third kappa shape index (κ3) is 9.70. The van der Waals surface area contributed by atoms with Gasteiger partial charge in [0.05, 0.1) is 19.7 Å². The second-order valence-corrected chi connectivity index (χ2v) is 7.17. The van der Waals surface area contributed by atoms with Crippen LogP contribution in [0, 0.1) is 13.8 Å². The number of aromatic nitrogens is 3. The van der Waals surface area contributed by atoms with E-state index in [0.717, 1.165) is 41.5 Å². The Morgan fingerprint density at radius 2 is 1.94 bits per heavy atom. The van der Waals surface area contributed by atoms with Crippen LogP contribution in [-0.4, -0.2) is 60.8 Å². The van der Waals surface area contributed by atoms with Gasteiger partial charge in [0.25, 0.3) is 0 Å². The van der Waals surface area contributed by atoms with Crippen molar-refractivity contribution in [2.45, 2.75) is 40.3 Å². The summed E-state index contributed by atoms with van der Waals surface area (Å²) in [5.74, 6) is 3.26. The lowest BCUT2D eigenvalue weighted by Crippen LogP contribution is -2.38. The van der Waals surface area contributed by atoms with Crippen molar-refractivity contribution in [3.8, 4) is 5.75 Å². The molecule has 2 rings (SSSR count). The molecule has 0 unspecified atom stereocenters. The summed E-state index contributed by atoms with van der Waals surface area (Å²) in [5.41, 5.74) is 2.17. The number of ether oxygens (including phenoxy) is 3. The molecule has 0 aliphatic rings. The molecular weight excluding hydrogens is 523 g/mol. The number of methoxy groups -OCH3 is 1. The first-order valence-corrected chi connectivity index (χ1v) is 10.7. The van der Waals surface area contributed by atoms with Gasteiger partial charge in [0.15, 0.2) is 11.8 Å². The van der Waals surface area contributed by atoms with E-state index in [1.165, 1.54) is 0 Å². The highest BCUT2D eigenvalue weighted by atomic mass is 127. The van der Waals surface area contributed by atoms with Gasteiger partial charge < -0.3 is 29.4 Å². The molecule has 0 saturated heterocycles. The first kappa shape index (κ1) is 28.1. The number of nitrogens with one attached hydrogen (secondary N) is 2. The number of benzene rings is 1. The second kappa shape index (κ2) is 15.8. The fourth-order valence-corrected chi connectivity index (χ4v) is 2.81. The topological polar surface area (TPSA) is 94.8 Å². The molecule has 0 aliphatic carbocycles. The Labute approximate surface area is 208 Å².